The highest BCUT2D eigenvalue weighted by Crippen LogP contribution is 2.44. The van der Waals surface area contributed by atoms with Gasteiger partial charge in [0.1, 0.15) is 0 Å². The van der Waals surface area contributed by atoms with Crippen LogP contribution in [0.4, 0.5) is 0 Å². The summed E-state index contributed by atoms with van der Waals surface area (Å²) in [5.74, 6) is 0. The van der Waals surface area contributed by atoms with Gasteiger partial charge in [-0.1, -0.05) is 69.8 Å². The third-order valence-corrected chi connectivity index (χ3v) is 7.48. The molecule has 38 heavy (non-hydrogen) atoms. The van der Waals surface area contributed by atoms with E-state index in [0.717, 1.165) is 28.8 Å². The van der Waals surface area contributed by atoms with Gasteiger partial charge in [-0.2, -0.15) is 0 Å². The predicted octanol–water partition coefficient (Wildman–Crippen LogP) is 8.11. The first kappa shape index (κ1) is 25.4. The second kappa shape index (κ2) is 9.90. The van der Waals surface area contributed by atoms with Crippen LogP contribution >= 0.6 is 0 Å². The number of rotatable bonds is 7. The van der Waals surface area contributed by atoms with Crippen LogP contribution in [0.3, 0.4) is 0 Å². The molecule has 3 nitrogen and oxygen atoms in total. The maximum absolute atomic E-state index is 6.05. The van der Waals surface area contributed by atoms with E-state index in [4.69, 9.17) is 5.73 Å². The molecule has 0 unspecified atom stereocenters. The average molecular weight is 500 g/mol. The van der Waals surface area contributed by atoms with Crippen molar-refractivity contribution in [2.24, 2.45) is 5.73 Å². The van der Waals surface area contributed by atoms with Crippen molar-refractivity contribution in [3.05, 3.63) is 125 Å². The minimum atomic E-state index is 0.000671. The van der Waals surface area contributed by atoms with Crippen molar-refractivity contribution in [1.29, 1.82) is 0 Å². The van der Waals surface area contributed by atoms with Gasteiger partial charge in [0.25, 0.3) is 0 Å². The second-order valence-electron chi connectivity index (χ2n) is 11.0. The Morgan fingerprint density at radius 1 is 1.00 bits per heavy atom. The van der Waals surface area contributed by atoms with Crippen molar-refractivity contribution in [1.82, 2.24) is 9.72 Å². The molecule has 0 amide bonds. The van der Waals surface area contributed by atoms with Crippen LogP contribution in [0.25, 0.3) is 38.8 Å². The van der Waals surface area contributed by atoms with E-state index in [1.165, 1.54) is 43.9 Å². The van der Waals surface area contributed by atoms with Crippen molar-refractivity contribution >= 4 is 38.8 Å². The van der Waals surface area contributed by atoms with E-state index in [2.05, 4.69) is 105 Å². The van der Waals surface area contributed by atoms with E-state index in [-0.39, 0.29) is 5.41 Å². The number of nitrogens with one attached hydrogen (secondary N) is 1. The van der Waals surface area contributed by atoms with Gasteiger partial charge in [0.05, 0.1) is 16.7 Å². The first-order chi connectivity index (χ1) is 18.3. The number of aromatic nitrogens is 1. The van der Waals surface area contributed by atoms with Gasteiger partial charge in [-0.3, -0.25) is 0 Å². The molecule has 0 radical (unpaired) electrons. The molecule has 5 aromatic rings. The fraction of sp³-hybridized carbons (Fsp3) is 0.200. The van der Waals surface area contributed by atoms with Crippen molar-refractivity contribution in [3.8, 4) is 0 Å². The number of nitrogens with zero attached hydrogens (tertiary/aromatic N) is 1. The zero-order valence-electron chi connectivity index (χ0n) is 23.1. The van der Waals surface area contributed by atoms with E-state index in [9.17, 15) is 0 Å². The van der Waals surface area contributed by atoms with E-state index in [0.29, 0.717) is 0 Å². The largest absolute Gasteiger partial charge is 0.405 e. The molecule has 0 saturated heterocycles. The van der Waals surface area contributed by atoms with Crippen LogP contribution in [0.15, 0.2) is 91.8 Å². The summed E-state index contributed by atoms with van der Waals surface area (Å²) >= 11 is 0. The lowest BCUT2D eigenvalue weighted by atomic mass is 9.84. The zero-order chi connectivity index (χ0) is 27.0. The Bertz CT molecular complexity index is 1720. The number of aryl methyl sites for hydroxylation is 1. The number of hydrogen-bond acceptors (Lipinski definition) is 2. The Morgan fingerprint density at radius 3 is 2.42 bits per heavy atom. The predicted molar refractivity (Wildman–Crippen MR) is 166 cm³/mol. The van der Waals surface area contributed by atoms with Crippen molar-refractivity contribution in [2.45, 2.75) is 39.5 Å². The van der Waals surface area contributed by atoms with Crippen molar-refractivity contribution in [3.63, 3.8) is 0 Å². The van der Waals surface area contributed by atoms with E-state index < -0.39 is 0 Å². The van der Waals surface area contributed by atoms with Gasteiger partial charge >= 0.3 is 0 Å². The van der Waals surface area contributed by atoms with Gasteiger partial charge in [0.15, 0.2) is 0 Å². The molecule has 3 aromatic carbocycles. The highest BCUT2D eigenvalue weighted by atomic mass is 14.9. The minimum Gasteiger partial charge on any atom is -0.405 e. The summed E-state index contributed by atoms with van der Waals surface area (Å²) in [7, 11) is 1.91. The van der Waals surface area contributed by atoms with Gasteiger partial charge < -0.3 is 15.5 Å². The molecule has 0 atom stereocenters. The maximum Gasteiger partial charge on any atom is 0.0620 e. The summed E-state index contributed by atoms with van der Waals surface area (Å²) in [5.41, 5.74) is 16.8. The number of allylic oxidation sites excluding steroid dienone is 3. The van der Waals surface area contributed by atoms with Gasteiger partial charge in [0, 0.05) is 28.8 Å². The normalized spacial score (nSPS) is 12.9. The van der Waals surface area contributed by atoms with Gasteiger partial charge in [-0.05, 0) is 95.4 Å². The van der Waals surface area contributed by atoms with Gasteiger partial charge in [0.2, 0.25) is 0 Å². The number of nitrogens with two attached hydrogens (primary N) is 1. The highest BCUT2D eigenvalue weighted by Gasteiger charge is 2.26. The summed E-state index contributed by atoms with van der Waals surface area (Å²) in [6, 6.07) is 19.9. The van der Waals surface area contributed by atoms with Crippen LogP contribution in [-0.2, 0) is 11.8 Å². The molecule has 5 rings (SSSR count). The van der Waals surface area contributed by atoms with Gasteiger partial charge in [-0.25, -0.2) is 0 Å². The van der Waals surface area contributed by atoms with Crippen molar-refractivity contribution < 1.29 is 0 Å². The lowest BCUT2D eigenvalue weighted by Gasteiger charge is -2.20. The third kappa shape index (κ3) is 4.28. The SMILES string of the molecule is C=C(c1ccccc1)c1c(/C=C\N)n2c3cc(C)c(C/C=C\C=C/NC)cc3c3cc(C(C)(C)C)cc1c32. The number of hydrogen-bond donors (Lipinski definition) is 2. The average Bonchev–Trinajstić information content (AvgIpc) is 3.38. The molecule has 0 aliphatic heterocycles. The second-order valence-corrected chi connectivity index (χ2v) is 11.0. The molecule has 2 heterocycles. The quantitative estimate of drug-likeness (QED) is 0.222. The molecular weight excluding hydrogens is 462 g/mol. The fourth-order valence-corrected chi connectivity index (χ4v) is 5.46. The molecule has 0 saturated carbocycles. The molecule has 192 valence electrons. The van der Waals surface area contributed by atoms with Crippen molar-refractivity contribution in [2.75, 3.05) is 7.05 Å². The van der Waals surface area contributed by atoms with Crippen LogP contribution in [-0.4, -0.2) is 11.4 Å². The lowest BCUT2D eigenvalue weighted by Crippen LogP contribution is -2.10. The lowest BCUT2D eigenvalue weighted by molar-refractivity contribution is 0.592. The molecular formula is C35H37N3. The van der Waals surface area contributed by atoms with E-state index in [1.807, 2.05) is 31.5 Å². The maximum atomic E-state index is 6.05. The van der Waals surface area contributed by atoms with E-state index >= 15 is 0 Å². The monoisotopic (exact) mass is 499 g/mol. The smallest absolute Gasteiger partial charge is 0.0620 e. The molecule has 2 aromatic heterocycles. The van der Waals surface area contributed by atoms with Crippen LogP contribution in [0, 0.1) is 6.92 Å². The molecule has 3 N–H and O–H groups in total. The van der Waals surface area contributed by atoms with Crippen LogP contribution in [0.2, 0.25) is 0 Å². The minimum absolute atomic E-state index is 0.000671. The third-order valence-electron chi connectivity index (χ3n) is 7.48. The standard InChI is InChI=1S/C35H37N3/c1-23-19-32-28(20-26(23)15-11-8-12-18-37-6)29-21-27(35(3,4)5)22-30-33(24(2)25-13-9-7-10-14-25)31(16-17-36)38(32)34(29)30/h7-14,16-22,37H,2,15,36H2,1,3-6H3/b11-8-,17-16-,18-12-. The molecule has 0 bridgehead atoms. The summed E-state index contributed by atoms with van der Waals surface area (Å²) in [5, 5.41) is 6.81. The summed E-state index contributed by atoms with van der Waals surface area (Å²) in [6.07, 6.45) is 12.8. The molecule has 0 aliphatic rings. The Kier molecular flexibility index (Phi) is 6.62. The molecule has 3 heteroatoms. The molecule has 0 fully saturated rings. The summed E-state index contributed by atoms with van der Waals surface area (Å²) in [4.78, 5) is 0. The topological polar surface area (TPSA) is 42.5 Å². The number of fused-ring (bicyclic) bond motifs is 3. The van der Waals surface area contributed by atoms with Crippen LogP contribution in [0.1, 0.15) is 54.3 Å². The number of benzene rings is 3. The summed E-state index contributed by atoms with van der Waals surface area (Å²) < 4.78 is 2.39. The fourth-order valence-electron chi connectivity index (χ4n) is 5.46. The first-order valence-electron chi connectivity index (χ1n) is 13.3. The zero-order valence-corrected chi connectivity index (χ0v) is 23.1. The highest BCUT2D eigenvalue weighted by molar-refractivity contribution is 6.19. The Labute approximate surface area is 226 Å². The first-order valence-corrected chi connectivity index (χ1v) is 13.3. The Balaban J connectivity index is 1.86. The molecule has 0 aliphatic carbocycles. The van der Waals surface area contributed by atoms with Crippen LogP contribution < -0.4 is 11.1 Å². The molecule has 0 spiro atoms. The summed E-state index contributed by atoms with van der Waals surface area (Å²) in [6.45, 7) is 13.6. The van der Waals surface area contributed by atoms with Crippen LogP contribution in [0.5, 0.6) is 0 Å². The Morgan fingerprint density at radius 2 is 1.74 bits per heavy atom. The van der Waals surface area contributed by atoms with E-state index in [1.54, 1.807) is 6.20 Å². The Hall–Kier alpha value is -4.24. The van der Waals surface area contributed by atoms with Gasteiger partial charge in [-0.15, -0.1) is 0 Å².